The highest BCUT2D eigenvalue weighted by Crippen LogP contribution is 2.41. The molecule has 1 aliphatic rings. The Labute approximate surface area is 128 Å². The average Bonchev–Trinajstić information content (AvgIpc) is 3.06. The van der Waals surface area contributed by atoms with Gasteiger partial charge in [-0.25, -0.2) is 4.68 Å². The number of nitrogens with one attached hydrogen (secondary N) is 1. The fraction of sp³-hybridized carbons (Fsp3) is 0.235. The van der Waals surface area contributed by atoms with E-state index < -0.39 is 0 Å². The number of anilines is 1. The number of hydrogen-bond acceptors (Lipinski definition) is 3. The summed E-state index contributed by atoms with van der Waals surface area (Å²) in [4.78, 5) is 1.28. The van der Waals surface area contributed by atoms with E-state index in [9.17, 15) is 0 Å². The van der Waals surface area contributed by atoms with Crippen molar-refractivity contribution >= 4 is 17.0 Å². The van der Waals surface area contributed by atoms with Crippen molar-refractivity contribution in [2.24, 2.45) is 0 Å². The molecule has 21 heavy (non-hydrogen) atoms. The van der Waals surface area contributed by atoms with Crippen molar-refractivity contribution < 1.29 is 0 Å². The van der Waals surface area contributed by atoms with Crippen molar-refractivity contribution in [2.75, 3.05) is 5.32 Å². The first kappa shape index (κ1) is 12.7. The quantitative estimate of drug-likeness (QED) is 0.716. The highest BCUT2D eigenvalue weighted by atomic mass is 32.1. The average molecular weight is 295 g/mol. The molecule has 1 aromatic carbocycles. The van der Waals surface area contributed by atoms with Crippen LogP contribution < -0.4 is 5.32 Å². The molecule has 0 unspecified atom stereocenters. The van der Waals surface area contributed by atoms with Crippen LogP contribution >= 0.6 is 11.3 Å². The predicted octanol–water partition coefficient (Wildman–Crippen LogP) is 4.51. The molecule has 4 rings (SSSR count). The third-order valence-corrected chi connectivity index (χ3v) is 4.88. The van der Waals surface area contributed by atoms with E-state index in [2.05, 4.69) is 66.5 Å². The largest absolute Gasteiger partial charge is 0.359 e. The van der Waals surface area contributed by atoms with E-state index in [0.29, 0.717) is 0 Å². The summed E-state index contributed by atoms with van der Waals surface area (Å²) in [6.45, 7) is 6.37. The summed E-state index contributed by atoms with van der Waals surface area (Å²) in [5.41, 5.74) is 7.31. The Balaban J connectivity index is 1.98. The van der Waals surface area contributed by atoms with Crippen molar-refractivity contribution in [1.29, 1.82) is 0 Å². The SMILES string of the molecule is Cc1cc(C)c2c(c1)-c1cc(C)nn1[C@@H](c1cccs1)N2. The lowest BCUT2D eigenvalue weighted by Crippen LogP contribution is -2.25. The lowest BCUT2D eigenvalue weighted by atomic mass is 9.99. The van der Waals surface area contributed by atoms with Gasteiger partial charge in [0, 0.05) is 16.1 Å². The third-order valence-electron chi connectivity index (χ3n) is 3.95. The fourth-order valence-corrected chi connectivity index (χ4v) is 3.87. The third kappa shape index (κ3) is 1.90. The van der Waals surface area contributed by atoms with Crippen LogP contribution in [-0.4, -0.2) is 9.78 Å². The number of aromatic nitrogens is 2. The van der Waals surface area contributed by atoms with Crippen LogP contribution in [0.5, 0.6) is 0 Å². The molecular weight excluding hydrogens is 278 g/mol. The Morgan fingerprint density at radius 2 is 2.05 bits per heavy atom. The van der Waals surface area contributed by atoms with E-state index in [4.69, 9.17) is 5.10 Å². The van der Waals surface area contributed by atoms with Gasteiger partial charge in [0.05, 0.1) is 11.4 Å². The molecule has 0 amide bonds. The number of nitrogens with zero attached hydrogens (tertiary/aromatic N) is 2. The molecule has 1 aliphatic heterocycles. The number of hydrogen-bond donors (Lipinski definition) is 1. The molecule has 106 valence electrons. The van der Waals surface area contributed by atoms with Gasteiger partial charge in [-0.3, -0.25) is 0 Å². The normalized spacial score (nSPS) is 16.2. The number of thiophene rings is 1. The van der Waals surface area contributed by atoms with Gasteiger partial charge < -0.3 is 5.32 Å². The van der Waals surface area contributed by atoms with Crippen molar-refractivity contribution in [3.63, 3.8) is 0 Å². The summed E-state index contributed by atoms with van der Waals surface area (Å²) in [7, 11) is 0. The summed E-state index contributed by atoms with van der Waals surface area (Å²) in [6.07, 6.45) is 0.0857. The molecule has 0 fully saturated rings. The number of aryl methyl sites for hydroxylation is 3. The van der Waals surface area contributed by atoms with E-state index in [1.165, 1.54) is 32.9 Å². The van der Waals surface area contributed by atoms with Crippen molar-refractivity contribution in [3.05, 3.63) is 57.4 Å². The zero-order valence-electron chi connectivity index (χ0n) is 12.3. The van der Waals surface area contributed by atoms with E-state index in [-0.39, 0.29) is 6.17 Å². The Bertz CT molecular complexity index is 815. The minimum Gasteiger partial charge on any atom is -0.359 e. The van der Waals surface area contributed by atoms with Gasteiger partial charge in [-0.2, -0.15) is 5.10 Å². The Morgan fingerprint density at radius 3 is 2.81 bits per heavy atom. The molecule has 0 spiro atoms. The highest BCUT2D eigenvalue weighted by molar-refractivity contribution is 7.10. The van der Waals surface area contributed by atoms with Crippen LogP contribution in [-0.2, 0) is 0 Å². The Hall–Kier alpha value is -2.07. The Kier molecular flexibility index (Phi) is 2.69. The maximum Gasteiger partial charge on any atom is 0.156 e. The van der Waals surface area contributed by atoms with Crippen LogP contribution in [0, 0.1) is 20.8 Å². The molecule has 0 bridgehead atoms. The summed E-state index contributed by atoms with van der Waals surface area (Å²) in [6, 6.07) is 10.9. The minimum absolute atomic E-state index is 0.0857. The number of fused-ring (bicyclic) bond motifs is 3. The van der Waals surface area contributed by atoms with E-state index in [1.807, 2.05) is 0 Å². The highest BCUT2D eigenvalue weighted by Gasteiger charge is 2.28. The second kappa shape index (κ2) is 4.46. The van der Waals surface area contributed by atoms with Gasteiger partial charge in [0.2, 0.25) is 0 Å². The first-order valence-corrected chi connectivity index (χ1v) is 7.99. The second-order valence-electron chi connectivity index (χ2n) is 5.68. The summed E-state index contributed by atoms with van der Waals surface area (Å²) < 4.78 is 2.11. The van der Waals surface area contributed by atoms with E-state index in [1.54, 1.807) is 11.3 Å². The van der Waals surface area contributed by atoms with Crippen LogP contribution in [0.4, 0.5) is 5.69 Å². The standard InChI is InChI=1S/C17H17N3S/c1-10-7-11(2)16-13(8-10)14-9-12(3)19-20(14)17(18-16)15-5-4-6-21-15/h4-9,17-18H,1-3H3/t17-/m0/s1. The van der Waals surface area contributed by atoms with Crippen molar-refractivity contribution in [2.45, 2.75) is 26.9 Å². The zero-order valence-corrected chi connectivity index (χ0v) is 13.2. The van der Waals surface area contributed by atoms with Gasteiger partial charge >= 0.3 is 0 Å². The van der Waals surface area contributed by atoms with Gasteiger partial charge in [0.25, 0.3) is 0 Å². The lowest BCUT2D eigenvalue weighted by Gasteiger charge is -2.29. The van der Waals surface area contributed by atoms with Gasteiger partial charge in [-0.1, -0.05) is 17.7 Å². The molecule has 0 saturated heterocycles. The molecule has 1 atom stereocenters. The first-order valence-electron chi connectivity index (χ1n) is 7.11. The van der Waals surface area contributed by atoms with Gasteiger partial charge in [0.1, 0.15) is 0 Å². The number of rotatable bonds is 1. The molecule has 3 aromatic rings. The second-order valence-corrected chi connectivity index (χ2v) is 6.66. The van der Waals surface area contributed by atoms with Crippen LogP contribution in [0.25, 0.3) is 11.3 Å². The van der Waals surface area contributed by atoms with Gasteiger partial charge in [-0.15, -0.1) is 11.3 Å². The van der Waals surface area contributed by atoms with E-state index >= 15 is 0 Å². The van der Waals surface area contributed by atoms with Crippen LogP contribution in [0.15, 0.2) is 35.7 Å². The summed E-state index contributed by atoms with van der Waals surface area (Å²) in [5.74, 6) is 0. The number of benzene rings is 1. The molecule has 1 N–H and O–H groups in total. The van der Waals surface area contributed by atoms with Crippen LogP contribution in [0.3, 0.4) is 0 Å². The molecule has 0 radical (unpaired) electrons. The topological polar surface area (TPSA) is 29.9 Å². The van der Waals surface area contributed by atoms with Crippen molar-refractivity contribution in [1.82, 2.24) is 9.78 Å². The maximum atomic E-state index is 4.71. The molecule has 4 heteroatoms. The first-order chi connectivity index (χ1) is 10.1. The summed E-state index contributed by atoms with van der Waals surface area (Å²) >= 11 is 1.76. The maximum absolute atomic E-state index is 4.71. The van der Waals surface area contributed by atoms with Crippen LogP contribution in [0.2, 0.25) is 0 Å². The molecule has 0 aliphatic carbocycles. The molecule has 3 heterocycles. The van der Waals surface area contributed by atoms with Crippen LogP contribution in [0.1, 0.15) is 27.9 Å². The minimum atomic E-state index is 0.0857. The molecule has 0 saturated carbocycles. The van der Waals surface area contributed by atoms with Gasteiger partial charge in [0.15, 0.2) is 6.17 Å². The zero-order chi connectivity index (χ0) is 14.6. The van der Waals surface area contributed by atoms with E-state index in [0.717, 1.165) is 5.69 Å². The fourth-order valence-electron chi connectivity index (χ4n) is 3.11. The Morgan fingerprint density at radius 1 is 1.19 bits per heavy atom. The smallest absolute Gasteiger partial charge is 0.156 e. The molecule has 2 aromatic heterocycles. The molecular formula is C17H17N3S. The van der Waals surface area contributed by atoms with Gasteiger partial charge in [-0.05, 0) is 49.9 Å². The molecule has 3 nitrogen and oxygen atoms in total. The monoisotopic (exact) mass is 295 g/mol. The van der Waals surface area contributed by atoms with Crippen molar-refractivity contribution in [3.8, 4) is 11.3 Å². The predicted molar refractivity (Wildman–Crippen MR) is 88.0 cm³/mol. The lowest BCUT2D eigenvalue weighted by molar-refractivity contribution is 0.578. The summed E-state index contributed by atoms with van der Waals surface area (Å²) in [5, 5.41) is 10.5.